The fourth-order valence-electron chi connectivity index (χ4n) is 4.56. The Bertz CT molecular complexity index is 1440. The third-order valence-corrected chi connectivity index (χ3v) is 6.45. The average molecular weight is 545 g/mol. The van der Waals surface area contributed by atoms with Gasteiger partial charge in [-0.15, -0.1) is 0 Å². The van der Waals surface area contributed by atoms with Crippen LogP contribution in [-0.4, -0.2) is 54.8 Å². The minimum Gasteiger partial charge on any atom is -0.497 e. The Morgan fingerprint density at radius 3 is 2.60 bits per heavy atom. The molecule has 11 nitrogen and oxygen atoms in total. The molecule has 3 heterocycles. The quantitative estimate of drug-likeness (QED) is 0.393. The molecule has 0 fully saturated rings. The summed E-state index contributed by atoms with van der Waals surface area (Å²) in [6.45, 7) is 2.02. The van der Waals surface area contributed by atoms with Crippen molar-refractivity contribution >= 4 is 17.9 Å². The van der Waals surface area contributed by atoms with E-state index in [1.165, 1.54) is 11.1 Å². The Balaban J connectivity index is 1.55. The highest BCUT2D eigenvalue weighted by atomic mass is 16.7. The van der Waals surface area contributed by atoms with Crippen LogP contribution in [0, 0.1) is 0 Å². The smallest absolute Gasteiger partial charge is 0.338 e. The van der Waals surface area contributed by atoms with E-state index >= 15 is 0 Å². The number of aromatic nitrogens is 1. The molecular formula is C29H28N4O7. The van der Waals surface area contributed by atoms with Crippen molar-refractivity contribution in [3.63, 3.8) is 0 Å². The van der Waals surface area contributed by atoms with E-state index in [-0.39, 0.29) is 43.7 Å². The van der Waals surface area contributed by atoms with E-state index in [2.05, 4.69) is 15.6 Å². The van der Waals surface area contributed by atoms with Crippen molar-refractivity contribution in [2.45, 2.75) is 19.5 Å². The SMILES string of the molecule is CCOC(=O)C1=C(CN(Cc2ccc3c(c2)OCO3)C(=O)c2cccnc2)NC(=O)N[C@@H]1c1ccc(OC)cc1. The number of carbonyl (C=O) groups excluding carboxylic acids is 3. The van der Waals surface area contributed by atoms with Crippen LogP contribution in [0.25, 0.3) is 0 Å². The molecule has 3 amide bonds. The molecule has 5 rings (SSSR count). The Morgan fingerprint density at radius 2 is 1.88 bits per heavy atom. The zero-order valence-corrected chi connectivity index (χ0v) is 22.0. The lowest BCUT2D eigenvalue weighted by Crippen LogP contribution is -2.49. The van der Waals surface area contributed by atoms with Crippen molar-refractivity contribution in [1.29, 1.82) is 0 Å². The summed E-state index contributed by atoms with van der Waals surface area (Å²) in [5, 5.41) is 5.55. The number of nitrogens with zero attached hydrogens (tertiary/aromatic N) is 2. The molecule has 0 spiro atoms. The number of hydrogen-bond acceptors (Lipinski definition) is 8. The second-order valence-electron chi connectivity index (χ2n) is 9.01. The van der Waals surface area contributed by atoms with Gasteiger partial charge in [-0.1, -0.05) is 18.2 Å². The maximum Gasteiger partial charge on any atom is 0.338 e. The first kappa shape index (κ1) is 26.5. The van der Waals surface area contributed by atoms with Crippen LogP contribution in [0.2, 0.25) is 0 Å². The predicted octanol–water partition coefficient (Wildman–Crippen LogP) is 3.33. The number of ether oxygens (including phenoxy) is 4. The highest BCUT2D eigenvalue weighted by Gasteiger charge is 2.35. The van der Waals surface area contributed by atoms with Crippen LogP contribution in [0.5, 0.6) is 17.2 Å². The number of fused-ring (bicyclic) bond motifs is 1. The van der Waals surface area contributed by atoms with Gasteiger partial charge in [0.15, 0.2) is 11.5 Å². The molecule has 40 heavy (non-hydrogen) atoms. The third-order valence-electron chi connectivity index (χ3n) is 6.45. The van der Waals surface area contributed by atoms with Gasteiger partial charge in [-0.2, -0.15) is 0 Å². The van der Waals surface area contributed by atoms with Crippen molar-refractivity contribution in [2.75, 3.05) is 27.1 Å². The molecule has 0 aliphatic carbocycles. The molecule has 1 atom stereocenters. The predicted molar refractivity (Wildman–Crippen MR) is 143 cm³/mol. The lowest BCUT2D eigenvalue weighted by molar-refractivity contribution is -0.139. The maximum absolute atomic E-state index is 13.7. The number of esters is 1. The number of rotatable bonds is 9. The van der Waals surface area contributed by atoms with Crippen LogP contribution in [0.15, 0.2) is 78.3 Å². The fourth-order valence-corrected chi connectivity index (χ4v) is 4.56. The summed E-state index contributed by atoms with van der Waals surface area (Å²) in [4.78, 5) is 45.4. The first-order valence-electron chi connectivity index (χ1n) is 12.7. The minimum atomic E-state index is -0.811. The van der Waals surface area contributed by atoms with Crippen LogP contribution in [0.1, 0.15) is 34.5 Å². The number of hydrogen-bond donors (Lipinski definition) is 2. The molecule has 2 N–H and O–H groups in total. The van der Waals surface area contributed by atoms with Crippen LogP contribution >= 0.6 is 0 Å². The summed E-state index contributed by atoms with van der Waals surface area (Å²) in [7, 11) is 1.55. The molecule has 1 aromatic heterocycles. The number of methoxy groups -OCH3 is 1. The minimum absolute atomic E-state index is 0.0869. The monoisotopic (exact) mass is 544 g/mol. The second kappa shape index (κ2) is 11.8. The van der Waals surface area contributed by atoms with Crippen molar-refractivity contribution in [3.8, 4) is 17.2 Å². The molecule has 0 saturated carbocycles. The van der Waals surface area contributed by atoms with Gasteiger partial charge in [-0.05, 0) is 54.4 Å². The van der Waals surface area contributed by atoms with E-state index in [4.69, 9.17) is 18.9 Å². The van der Waals surface area contributed by atoms with Gasteiger partial charge in [-0.25, -0.2) is 9.59 Å². The van der Waals surface area contributed by atoms with Crippen molar-refractivity contribution in [1.82, 2.24) is 20.5 Å². The van der Waals surface area contributed by atoms with Crippen molar-refractivity contribution in [3.05, 3.63) is 95.0 Å². The molecule has 2 aromatic carbocycles. The van der Waals surface area contributed by atoms with Crippen LogP contribution in [0.3, 0.4) is 0 Å². The Hall–Kier alpha value is -5.06. The molecular weight excluding hydrogens is 516 g/mol. The normalized spacial score (nSPS) is 15.7. The average Bonchev–Trinajstić information content (AvgIpc) is 3.45. The number of nitrogens with one attached hydrogen (secondary N) is 2. The molecule has 0 unspecified atom stereocenters. The summed E-state index contributed by atoms with van der Waals surface area (Å²) in [5.41, 5.74) is 2.22. The molecule has 2 aliphatic heterocycles. The van der Waals surface area contributed by atoms with Gasteiger partial charge in [0.05, 0.1) is 43.1 Å². The van der Waals surface area contributed by atoms with Crippen LogP contribution in [-0.2, 0) is 16.1 Å². The number of carbonyl (C=O) groups is 3. The number of pyridine rings is 1. The zero-order valence-electron chi connectivity index (χ0n) is 22.0. The lowest BCUT2D eigenvalue weighted by Gasteiger charge is -2.32. The largest absolute Gasteiger partial charge is 0.497 e. The van der Waals surface area contributed by atoms with Crippen molar-refractivity contribution < 1.29 is 33.3 Å². The maximum atomic E-state index is 13.7. The third kappa shape index (κ3) is 5.68. The van der Waals surface area contributed by atoms with E-state index in [1.807, 2.05) is 6.07 Å². The first-order chi connectivity index (χ1) is 19.5. The molecule has 0 bridgehead atoms. The van der Waals surface area contributed by atoms with E-state index in [1.54, 1.807) is 68.8 Å². The van der Waals surface area contributed by atoms with E-state index in [0.717, 1.165) is 5.56 Å². The van der Waals surface area contributed by atoms with Crippen LogP contribution in [0.4, 0.5) is 4.79 Å². The highest BCUT2D eigenvalue weighted by Crippen LogP contribution is 2.34. The summed E-state index contributed by atoms with van der Waals surface area (Å²) in [5.74, 6) is 0.877. The fraction of sp³-hybridized carbons (Fsp3) is 0.241. The Labute approximate surface area is 230 Å². The van der Waals surface area contributed by atoms with E-state index in [0.29, 0.717) is 28.4 Å². The van der Waals surface area contributed by atoms with Gasteiger partial charge in [0.1, 0.15) is 5.75 Å². The number of amides is 3. The topological polar surface area (TPSA) is 128 Å². The van der Waals surface area contributed by atoms with Gasteiger partial charge in [-0.3, -0.25) is 9.78 Å². The number of urea groups is 1. The molecule has 0 radical (unpaired) electrons. The first-order valence-corrected chi connectivity index (χ1v) is 12.7. The summed E-state index contributed by atoms with van der Waals surface area (Å²) < 4.78 is 21.5. The summed E-state index contributed by atoms with van der Waals surface area (Å²) in [6.07, 6.45) is 3.05. The van der Waals surface area contributed by atoms with Gasteiger partial charge in [0.25, 0.3) is 5.91 Å². The Kier molecular flexibility index (Phi) is 7.81. The lowest BCUT2D eigenvalue weighted by atomic mass is 9.94. The van der Waals surface area contributed by atoms with Gasteiger partial charge in [0.2, 0.25) is 6.79 Å². The van der Waals surface area contributed by atoms with Gasteiger partial charge < -0.3 is 34.5 Å². The number of benzene rings is 2. The molecule has 11 heteroatoms. The highest BCUT2D eigenvalue weighted by molar-refractivity contribution is 5.97. The van der Waals surface area contributed by atoms with Gasteiger partial charge >= 0.3 is 12.0 Å². The molecule has 0 saturated heterocycles. The van der Waals surface area contributed by atoms with Crippen LogP contribution < -0.4 is 24.8 Å². The zero-order chi connectivity index (χ0) is 28.1. The van der Waals surface area contributed by atoms with E-state index in [9.17, 15) is 14.4 Å². The molecule has 3 aromatic rings. The standard InChI is InChI=1S/C29H28N4O7/c1-3-38-28(35)25-22(31-29(36)32-26(25)19-7-9-21(37-2)10-8-19)16-33(27(34)20-5-4-12-30-14-20)15-18-6-11-23-24(13-18)40-17-39-23/h4-14,26H,3,15-17H2,1-2H3,(H2,31,32,36)/t26-/m1/s1. The van der Waals surface area contributed by atoms with Gasteiger partial charge in [0, 0.05) is 18.9 Å². The van der Waals surface area contributed by atoms with E-state index < -0.39 is 18.0 Å². The summed E-state index contributed by atoms with van der Waals surface area (Å²) >= 11 is 0. The Morgan fingerprint density at radius 1 is 1.07 bits per heavy atom. The molecule has 2 aliphatic rings. The summed E-state index contributed by atoms with van der Waals surface area (Å²) in [6, 6.07) is 14.4. The van der Waals surface area contributed by atoms with Crippen molar-refractivity contribution in [2.24, 2.45) is 0 Å². The molecule has 206 valence electrons. The second-order valence-corrected chi connectivity index (χ2v) is 9.01.